The molecular weight excluding hydrogens is 328 g/mol. The molecule has 2 amide bonds. The molecule has 2 aromatic carbocycles. The van der Waals surface area contributed by atoms with Gasteiger partial charge >= 0.3 is 0 Å². The van der Waals surface area contributed by atoms with Crippen LogP contribution < -0.4 is 10.7 Å². The Hall–Kier alpha value is -3.75. The quantitative estimate of drug-likeness (QED) is 0.412. The highest BCUT2D eigenvalue weighted by atomic mass is 16.6. The predicted octanol–water partition coefficient (Wildman–Crippen LogP) is 1.18. The standard InChI is InChI=1S/C16H14N4O5/c21-14-7-6-13(20(24)25)8-12(14)9-18-19-15(22)10-17-16(23)11-4-2-1-3-5-11/h1-9,21H,10H2,(H,17,23)(H,19,22)/b18-9+. The van der Waals surface area contributed by atoms with Crippen LogP contribution >= 0.6 is 0 Å². The smallest absolute Gasteiger partial charge is 0.270 e. The summed E-state index contributed by atoms with van der Waals surface area (Å²) in [5.41, 5.74) is 2.42. The number of carbonyl (C=O) groups excluding carboxylic acids is 2. The maximum absolute atomic E-state index is 11.8. The number of hydrogen-bond acceptors (Lipinski definition) is 6. The van der Waals surface area contributed by atoms with Gasteiger partial charge in [-0.15, -0.1) is 0 Å². The number of nitrogens with zero attached hydrogens (tertiary/aromatic N) is 2. The normalized spacial score (nSPS) is 10.4. The highest BCUT2D eigenvalue weighted by Gasteiger charge is 2.09. The van der Waals surface area contributed by atoms with E-state index in [1.165, 1.54) is 0 Å². The van der Waals surface area contributed by atoms with Crippen molar-refractivity contribution in [3.63, 3.8) is 0 Å². The third-order valence-electron chi connectivity index (χ3n) is 3.06. The van der Waals surface area contributed by atoms with Crippen LogP contribution in [0.5, 0.6) is 5.75 Å². The molecule has 0 atom stereocenters. The molecule has 0 spiro atoms. The van der Waals surface area contributed by atoms with E-state index in [0.29, 0.717) is 5.56 Å². The van der Waals surface area contributed by atoms with Crippen LogP contribution in [0.3, 0.4) is 0 Å². The molecule has 0 saturated carbocycles. The van der Waals surface area contributed by atoms with E-state index in [4.69, 9.17) is 0 Å². The Morgan fingerprint density at radius 2 is 1.92 bits per heavy atom. The number of phenols is 1. The van der Waals surface area contributed by atoms with Crippen LogP contribution in [0.4, 0.5) is 5.69 Å². The molecule has 0 aromatic heterocycles. The number of nitro groups is 1. The molecule has 0 heterocycles. The number of hydrogen-bond donors (Lipinski definition) is 3. The topological polar surface area (TPSA) is 134 Å². The van der Waals surface area contributed by atoms with Gasteiger partial charge in [0.05, 0.1) is 17.7 Å². The maximum Gasteiger partial charge on any atom is 0.270 e. The summed E-state index contributed by atoms with van der Waals surface area (Å²) in [7, 11) is 0. The van der Waals surface area contributed by atoms with Crippen LogP contribution in [0.15, 0.2) is 53.6 Å². The van der Waals surface area contributed by atoms with E-state index in [-0.39, 0.29) is 23.5 Å². The highest BCUT2D eigenvalue weighted by Crippen LogP contribution is 2.21. The Morgan fingerprint density at radius 1 is 1.20 bits per heavy atom. The molecule has 0 aliphatic carbocycles. The second kappa shape index (κ2) is 8.20. The summed E-state index contributed by atoms with van der Waals surface area (Å²) in [6.45, 7) is -0.300. The first-order chi connectivity index (χ1) is 12.0. The Kier molecular flexibility index (Phi) is 5.77. The van der Waals surface area contributed by atoms with E-state index in [0.717, 1.165) is 24.4 Å². The van der Waals surface area contributed by atoms with E-state index < -0.39 is 16.7 Å². The molecule has 0 bridgehead atoms. The van der Waals surface area contributed by atoms with E-state index in [1.54, 1.807) is 30.3 Å². The van der Waals surface area contributed by atoms with E-state index in [2.05, 4.69) is 15.8 Å². The average Bonchev–Trinajstić information content (AvgIpc) is 2.61. The number of nitrogens with one attached hydrogen (secondary N) is 2. The Morgan fingerprint density at radius 3 is 2.60 bits per heavy atom. The molecule has 0 aliphatic heterocycles. The van der Waals surface area contributed by atoms with Crippen molar-refractivity contribution in [3.8, 4) is 5.75 Å². The minimum Gasteiger partial charge on any atom is -0.507 e. The first-order valence-electron chi connectivity index (χ1n) is 7.10. The van der Waals surface area contributed by atoms with Crippen LogP contribution in [-0.4, -0.2) is 34.6 Å². The molecular formula is C16H14N4O5. The number of carbonyl (C=O) groups is 2. The van der Waals surface area contributed by atoms with E-state index >= 15 is 0 Å². The zero-order chi connectivity index (χ0) is 18.2. The third kappa shape index (κ3) is 5.13. The zero-order valence-electron chi connectivity index (χ0n) is 12.9. The zero-order valence-corrected chi connectivity index (χ0v) is 12.9. The first-order valence-corrected chi connectivity index (χ1v) is 7.10. The lowest BCUT2D eigenvalue weighted by molar-refractivity contribution is -0.384. The number of hydrazone groups is 1. The van der Waals surface area contributed by atoms with Gasteiger partial charge in [0.1, 0.15) is 5.75 Å². The third-order valence-corrected chi connectivity index (χ3v) is 3.06. The summed E-state index contributed by atoms with van der Waals surface area (Å²) < 4.78 is 0. The number of phenolic OH excluding ortho intramolecular Hbond substituents is 1. The van der Waals surface area contributed by atoms with Crippen LogP contribution in [-0.2, 0) is 4.79 Å². The van der Waals surface area contributed by atoms with Gasteiger partial charge in [-0.25, -0.2) is 5.43 Å². The van der Waals surface area contributed by atoms with Crippen molar-refractivity contribution >= 4 is 23.7 Å². The number of benzene rings is 2. The fourth-order valence-electron chi connectivity index (χ4n) is 1.82. The molecule has 3 N–H and O–H groups in total. The van der Waals surface area contributed by atoms with Crippen molar-refractivity contribution in [2.45, 2.75) is 0 Å². The van der Waals surface area contributed by atoms with Crippen LogP contribution in [0.1, 0.15) is 15.9 Å². The molecule has 0 unspecified atom stereocenters. The molecule has 2 rings (SSSR count). The van der Waals surface area contributed by atoms with Gasteiger partial charge in [-0.1, -0.05) is 18.2 Å². The van der Waals surface area contributed by atoms with Crippen molar-refractivity contribution in [2.75, 3.05) is 6.54 Å². The minimum atomic E-state index is -0.617. The van der Waals surface area contributed by atoms with Gasteiger partial charge in [0.2, 0.25) is 0 Å². The number of nitro benzene ring substituents is 1. The lowest BCUT2D eigenvalue weighted by atomic mass is 10.2. The molecule has 25 heavy (non-hydrogen) atoms. The van der Waals surface area contributed by atoms with Crippen molar-refractivity contribution in [2.24, 2.45) is 5.10 Å². The Bertz CT molecular complexity index is 821. The van der Waals surface area contributed by atoms with Crippen LogP contribution in [0.25, 0.3) is 0 Å². The lowest BCUT2D eigenvalue weighted by Gasteiger charge is -2.04. The first kappa shape index (κ1) is 17.6. The van der Waals surface area contributed by atoms with E-state index in [9.17, 15) is 24.8 Å². The molecule has 9 nitrogen and oxygen atoms in total. The number of amides is 2. The molecule has 0 aliphatic rings. The molecule has 0 saturated heterocycles. The second-order valence-electron chi connectivity index (χ2n) is 4.84. The monoisotopic (exact) mass is 342 g/mol. The van der Waals surface area contributed by atoms with Crippen LogP contribution in [0, 0.1) is 10.1 Å². The lowest BCUT2D eigenvalue weighted by Crippen LogP contribution is -2.34. The minimum absolute atomic E-state index is 0.0721. The Balaban J connectivity index is 1.87. The fourth-order valence-corrected chi connectivity index (χ4v) is 1.82. The van der Waals surface area contributed by atoms with Crippen molar-refractivity contribution in [1.29, 1.82) is 0 Å². The number of rotatable bonds is 6. The second-order valence-corrected chi connectivity index (χ2v) is 4.84. The Labute approximate surface area is 142 Å². The van der Waals surface area contributed by atoms with Gasteiger partial charge in [-0.05, 0) is 18.2 Å². The molecule has 0 fully saturated rings. The fraction of sp³-hybridized carbons (Fsp3) is 0.0625. The van der Waals surface area contributed by atoms with Gasteiger partial charge < -0.3 is 10.4 Å². The summed E-state index contributed by atoms with van der Waals surface area (Å²) in [6.07, 6.45) is 1.07. The predicted molar refractivity (Wildman–Crippen MR) is 89.3 cm³/mol. The van der Waals surface area contributed by atoms with Crippen LogP contribution in [0.2, 0.25) is 0 Å². The molecule has 2 aromatic rings. The van der Waals surface area contributed by atoms with Crippen molar-refractivity contribution in [3.05, 3.63) is 69.8 Å². The number of non-ortho nitro benzene ring substituents is 1. The van der Waals surface area contributed by atoms with Gasteiger partial charge in [-0.3, -0.25) is 19.7 Å². The highest BCUT2D eigenvalue weighted by molar-refractivity contribution is 5.96. The summed E-state index contributed by atoms with van der Waals surface area (Å²) >= 11 is 0. The largest absolute Gasteiger partial charge is 0.507 e. The average molecular weight is 342 g/mol. The summed E-state index contributed by atoms with van der Waals surface area (Å²) in [6, 6.07) is 11.8. The van der Waals surface area contributed by atoms with E-state index in [1.807, 2.05) is 0 Å². The van der Waals surface area contributed by atoms with Gasteiger partial charge in [0.15, 0.2) is 0 Å². The summed E-state index contributed by atoms with van der Waals surface area (Å²) in [5.74, 6) is -1.22. The summed E-state index contributed by atoms with van der Waals surface area (Å²) in [4.78, 5) is 33.4. The molecule has 0 radical (unpaired) electrons. The van der Waals surface area contributed by atoms with Gasteiger partial charge in [-0.2, -0.15) is 5.10 Å². The van der Waals surface area contributed by atoms with Gasteiger partial charge in [0, 0.05) is 23.3 Å². The van der Waals surface area contributed by atoms with Gasteiger partial charge in [0.25, 0.3) is 17.5 Å². The summed E-state index contributed by atoms with van der Waals surface area (Å²) in [5, 5.41) is 26.3. The maximum atomic E-state index is 11.8. The van der Waals surface area contributed by atoms with Crippen molar-refractivity contribution < 1.29 is 19.6 Å². The number of aromatic hydroxyl groups is 1. The van der Waals surface area contributed by atoms with Crippen molar-refractivity contribution in [1.82, 2.24) is 10.7 Å². The molecule has 9 heteroatoms. The SMILES string of the molecule is O=C(CNC(=O)c1ccccc1)N/N=C/c1cc([N+](=O)[O-])ccc1O. The molecule has 128 valence electrons.